The highest BCUT2D eigenvalue weighted by molar-refractivity contribution is 5.52. The number of phenols is 2. The van der Waals surface area contributed by atoms with Gasteiger partial charge in [0.1, 0.15) is 0 Å². The second-order valence-corrected chi connectivity index (χ2v) is 5.40. The smallest absolute Gasteiger partial charge is 0.161 e. The van der Waals surface area contributed by atoms with Crippen molar-refractivity contribution in [2.24, 2.45) is 0 Å². The summed E-state index contributed by atoms with van der Waals surface area (Å²) >= 11 is 0. The fourth-order valence-electron chi connectivity index (χ4n) is 2.93. The predicted molar refractivity (Wildman–Crippen MR) is 81.2 cm³/mol. The number of nitrogens with two attached hydrogens (primary N) is 1. The van der Waals surface area contributed by atoms with Crippen LogP contribution in [0.5, 0.6) is 11.5 Å². The normalized spacial score (nSPS) is 21.0. The third-order valence-corrected chi connectivity index (χ3v) is 4.02. The fraction of sp³-hybridized carbons (Fsp3) is 0.294. The zero-order chi connectivity index (χ0) is 15.0. The summed E-state index contributed by atoms with van der Waals surface area (Å²) in [6.45, 7) is 2.04. The lowest BCUT2D eigenvalue weighted by atomic mass is 9.89. The second-order valence-electron chi connectivity index (χ2n) is 5.40. The van der Waals surface area contributed by atoms with E-state index < -0.39 is 0 Å². The molecule has 0 radical (unpaired) electrons. The van der Waals surface area contributed by atoms with Gasteiger partial charge in [0.05, 0.1) is 12.2 Å². The van der Waals surface area contributed by atoms with Crippen molar-refractivity contribution in [2.45, 2.75) is 32.0 Å². The average Bonchev–Trinajstić information content (AvgIpc) is 2.50. The zero-order valence-electron chi connectivity index (χ0n) is 11.9. The molecule has 2 aromatic carbocycles. The van der Waals surface area contributed by atoms with E-state index in [0.29, 0.717) is 12.1 Å². The summed E-state index contributed by atoms with van der Waals surface area (Å²) < 4.78 is 6.15. The summed E-state index contributed by atoms with van der Waals surface area (Å²) in [6.07, 6.45) is 1.07. The second kappa shape index (κ2) is 5.30. The lowest BCUT2D eigenvalue weighted by Gasteiger charge is -2.32. The molecule has 0 saturated heterocycles. The number of aromatic hydroxyl groups is 2. The quantitative estimate of drug-likeness (QED) is 0.583. The van der Waals surface area contributed by atoms with Gasteiger partial charge in [-0.25, -0.2) is 0 Å². The first-order valence-electron chi connectivity index (χ1n) is 7.14. The number of nitrogen functional groups attached to an aromatic ring is 1. The van der Waals surface area contributed by atoms with Crippen LogP contribution in [0.15, 0.2) is 36.4 Å². The monoisotopic (exact) mass is 285 g/mol. The predicted octanol–water partition coefficient (Wildman–Crippen LogP) is 3.45. The topological polar surface area (TPSA) is 75.7 Å². The van der Waals surface area contributed by atoms with Crippen molar-refractivity contribution in [3.05, 3.63) is 53.1 Å². The summed E-state index contributed by atoms with van der Waals surface area (Å²) in [6, 6.07) is 10.9. The molecule has 3 rings (SSSR count). The molecule has 21 heavy (non-hydrogen) atoms. The molecule has 1 heterocycles. The summed E-state index contributed by atoms with van der Waals surface area (Å²) in [5.41, 5.74) is 9.23. The van der Waals surface area contributed by atoms with Crippen molar-refractivity contribution in [3.8, 4) is 11.5 Å². The summed E-state index contributed by atoms with van der Waals surface area (Å²) in [5, 5.41) is 19.9. The van der Waals surface area contributed by atoms with Gasteiger partial charge in [0, 0.05) is 17.7 Å². The van der Waals surface area contributed by atoms with Crippen molar-refractivity contribution >= 4 is 5.69 Å². The Kier molecular flexibility index (Phi) is 3.47. The van der Waals surface area contributed by atoms with E-state index in [1.807, 2.05) is 37.3 Å². The molecule has 0 spiro atoms. The van der Waals surface area contributed by atoms with Gasteiger partial charge in [-0.15, -0.1) is 0 Å². The van der Waals surface area contributed by atoms with E-state index in [1.165, 1.54) is 6.07 Å². The largest absolute Gasteiger partial charge is 0.504 e. The first-order chi connectivity index (χ1) is 10.1. The Bertz CT molecular complexity index is 669. The maximum absolute atomic E-state index is 10.1. The lowest BCUT2D eigenvalue weighted by molar-refractivity contribution is -0.0299. The first kappa shape index (κ1) is 13.8. The van der Waals surface area contributed by atoms with E-state index in [2.05, 4.69) is 0 Å². The highest BCUT2D eigenvalue weighted by Gasteiger charge is 2.30. The van der Waals surface area contributed by atoms with Crippen LogP contribution in [0.4, 0.5) is 5.69 Å². The number of hydrogen-bond donors (Lipinski definition) is 3. The first-order valence-corrected chi connectivity index (χ1v) is 7.14. The minimum Gasteiger partial charge on any atom is -0.504 e. The van der Waals surface area contributed by atoms with Crippen LogP contribution in [0, 0.1) is 0 Å². The van der Waals surface area contributed by atoms with Gasteiger partial charge in [-0.05, 0) is 35.7 Å². The van der Waals surface area contributed by atoms with Crippen molar-refractivity contribution in [1.29, 1.82) is 0 Å². The van der Waals surface area contributed by atoms with Crippen LogP contribution < -0.4 is 5.73 Å². The molecule has 0 amide bonds. The third-order valence-electron chi connectivity index (χ3n) is 4.02. The Hall–Kier alpha value is -2.20. The van der Waals surface area contributed by atoms with Crippen LogP contribution in [0.25, 0.3) is 0 Å². The Morgan fingerprint density at radius 3 is 2.76 bits per heavy atom. The molecule has 2 unspecified atom stereocenters. The summed E-state index contributed by atoms with van der Waals surface area (Å²) in [7, 11) is 0. The Morgan fingerprint density at radius 2 is 2.05 bits per heavy atom. The van der Waals surface area contributed by atoms with E-state index in [-0.39, 0.29) is 23.7 Å². The number of ether oxygens (including phenoxy) is 1. The van der Waals surface area contributed by atoms with Gasteiger partial charge in [-0.1, -0.05) is 25.1 Å². The van der Waals surface area contributed by atoms with Crippen LogP contribution in [-0.2, 0) is 11.2 Å². The molecule has 0 aliphatic carbocycles. The van der Waals surface area contributed by atoms with Crippen molar-refractivity contribution in [1.82, 2.24) is 0 Å². The molecule has 0 fully saturated rings. The molecule has 4 heteroatoms. The lowest BCUT2D eigenvalue weighted by Crippen LogP contribution is -2.20. The molecule has 110 valence electrons. The van der Waals surface area contributed by atoms with E-state index >= 15 is 0 Å². The number of phenolic OH excluding ortho intramolecular Hbond substituents is 2. The molecular formula is C17H19NO3. The zero-order valence-corrected chi connectivity index (χ0v) is 11.9. The Labute approximate surface area is 123 Å². The van der Waals surface area contributed by atoms with Crippen LogP contribution >= 0.6 is 0 Å². The van der Waals surface area contributed by atoms with Crippen LogP contribution in [0.2, 0.25) is 0 Å². The molecule has 0 saturated carbocycles. The minimum atomic E-state index is -0.168. The number of rotatable bonds is 2. The Balaban J connectivity index is 2.03. The van der Waals surface area contributed by atoms with Crippen LogP contribution in [-0.4, -0.2) is 10.2 Å². The van der Waals surface area contributed by atoms with Crippen LogP contribution in [0.3, 0.4) is 0 Å². The van der Waals surface area contributed by atoms with Gasteiger partial charge in [-0.3, -0.25) is 0 Å². The maximum Gasteiger partial charge on any atom is 0.161 e. The standard InChI is InChI=1S/C17H19NO3/c1-2-15-12-6-7-14(19)17(20)13(12)9-16(21-15)10-4-3-5-11(18)8-10/h3-8,15-16,19-20H,2,9,18H2,1H3. The molecule has 2 atom stereocenters. The summed E-state index contributed by atoms with van der Waals surface area (Å²) in [5.74, 6) is -0.125. The highest BCUT2D eigenvalue weighted by Crippen LogP contribution is 2.45. The SMILES string of the molecule is CCC1OC(c2cccc(N)c2)Cc2c1ccc(O)c2O. The van der Waals surface area contributed by atoms with Gasteiger partial charge >= 0.3 is 0 Å². The molecule has 0 aromatic heterocycles. The Morgan fingerprint density at radius 1 is 1.24 bits per heavy atom. The van der Waals surface area contributed by atoms with Gasteiger partial charge < -0.3 is 20.7 Å². The van der Waals surface area contributed by atoms with E-state index in [1.54, 1.807) is 0 Å². The van der Waals surface area contributed by atoms with E-state index in [0.717, 1.165) is 23.1 Å². The van der Waals surface area contributed by atoms with Gasteiger partial charge in [0.15, 0.2) is 11.5 Å². The van der Waals surface area contributed by atoms with Gasteiger partial charge in [0.25, 0.3) is 0 Å². The van der Waals surface area contributed by atoms with Crippen molar-refractivity contribution in [2.75, 3.05) is 5.73 Å². The van der Waals surface area contributed by atoms with Crippen LogP contribution in [0.1, 0.15) is 42.2 Å². The molecule has 0 bridgehead atoms. The third kappa shape index (κ3) is 2.43. The molecule has 4 nitrogen and oxygen atoms in total. The maximum atomic E-state index is 10.1. The van der Waals surface area contributed by atoms with Gasteiger partial charge in [-0.2, -0.15) is 0 Å². The number of benzene rings is 2. The highest BCUT2D eigenvalue weighted by atomic mass is 16.5. The van der Waals surface area contributed by atoms with Crippen molar-refractivity contribution < 1.29 is 14.9 Å². The number of fused-ring (bicyclic) bond motifs is 1. The summed E-state index contributed by atoms with van der Waals surface area (Å²) in [4.78, 5) is 0. The number of hydrogen-bond acceptors (Lipinski definition) is 4. The van der Waals surface area contributed by atoms with Gasteiger partial charge in [0.2, 0.25) is 0 Å². The molecule has 2 aromatic rings. The molecule has 1 aliphatic rings. The minimum absolute atomic E-state index is 0.0387. The molecule has 1 aliphatic heterocycles. The number of anilines is 1. The fourth-order valence-corrected chi connectivity index (χ4v) is 2.93. The molecule has 4 N–H and O–H groups in total. The van der Waals surface area contributed by atoms with E-state index in [4.69, 9.17) is 10.5 Å². The van der Waals surface area contributed by atoms with Crippen molar-refractivity contribution in [3.63, 3.8) is 0 Å². The average molecular weight is 285 g/mol. The van der Waals surface area contributed by atoms with E-state index in [9.17, 15) is 10.2 Å². The molecular weight excluding hydrogens is 266 g/mol.